The molecule has 0 aromatic carbocycles. The molecule has 0 fully saturated rings. The number of hydrogen-bond acceptors (Lipinski definition) is 2. The Morgan fingerprint density at radius 3 is 2.54 bits per heavy atom. The van der Waals surface area contributed by atoms with Gasteiger partial charge >= 0.3 is 5.69 Å². The summed E-state index contributed by atoms with van der Waals surface area (Å²) in [6.07, 6.45) is 0.834. The Hall–Kier alpha value is -1.12. The van der Waals surface area contributed by atoms with Gasteiger partial charge < -0.3 is 4.98 Å². The molecule has 0 aliphatic carbocycles. The molecule has 0 saturated heterocycles. The Labute approximate surface area is 78.2 Å². The molecule has 0 atom stereocenters. The highest BCUT2D eigenvalue weighted by atomic mass is 16.1. The molecule has 1 aromatic rings. The first-order valence-corrected chi connectivity index (χ1v) is 4.54. The van der Waals surface area contributed by atoms with E-state index >= 15 is 0 Å². The lowest BCUT2D eigenvalue weighted by atomic mass is 9.91. The van der Waals surface area contributed by atoms with Crippen LogP contribution in [-0.2, 0) is 11.8 Å². The van der Waals surface area contributed by atoms with Crippen LogP contribution in [0.25, 0.3) is 0 Å². The molecule has 1 heterocycles. The zero-order valence-electron chi connectivity index (χ0n) is 8.64. The van der Waals surface area contributed by atoms with E-state index in [-0.39, 0.29) is 11.1 Å². The van der Waals surface area contributed by atoms with E-state index in [0.29, 0.717) is 0 Å². The molecule has 0 spiro atoms. The van der Waals surface area contributed by atoms with Gasteiger partial charge in [0.1, 0.15) is 0 Å². The summed E-state index contributed by atoms with van der Waals surface area (Å²) in [5.41, 5.74) is 1.50. The number of aromatic amines is 1. The number of hydrogen-bond donors (Lipinski definition) is 1. The van der Waals surface area contributed by atoms with Gasteiger partial charge in [0.2, 0.25) is 0 Å². The Bertz CT molecular complexity index is 347. The van der Waals surface area contributed by atoms with Crippen molar-refractivity contribution in [3.8, 4) is 0 Å². The van der Waals surface area contributed by atoms with E-state index < -0.39 is 0 Å². The second-order valence-corrected chi connectivity index (χ2v) is 4.20. The molecule has 0 amide bonds. The van der Waals surface area contributed by atoms with Crippen molar-refractivity contribution in [2.24, 2.45) is 0 Å². The largest absolute Gasteiger partial charge is 0.345 e. The normalized spacial score (nSPS) is 11.7. The maximum atomic E-state index is 11.1. The van der Waals surface area contributed by atoms with Gasteiger partial charge in [-0.05, 0) is 12.5 Å². The van der Waals surface area contributed by atoms with Gasteiger partial charge in [0, 0.05) is 11.1 Å². The number of nitrogens with one attached hydrogen (secondary N) is 1. The average molecular weight is 180 g/mol. The first kappa shape index (κ1) is 9.96. The van der Waals surface area contributed by atoms with Crippen LogP contribution in [-0.4, -0.2) is 9.97 Å². The van der Waals surface area contributed by atoms with Crippen LogP contribution in [0.1, 0.15) is 39.1 Å². The summed E-state index contributed by atoms with van der Waals surface area (Å²) >= 11 is 0. The molecule has 1 rings (SSSR count). The lowest BCUT2D eigenvalue weighted by Crippen LogP contribution is -2.22. The van der Waals surface area contributed by atoms with E-state index in [1.807, 2.05) is 33.8 Å². The van der Waals surface area contributed by atoms with E-state index in [4.69, 9.17) is 0 Å². The summed E-state index contributed by atoms with van der Waals surface area (Å²) in [4.78, 5) is 17.8. The molecular weight excluding hydrogens is 164 g/mol. The highest BCUT2D eigenvalue weighted by Gasteiger charge is 2.16. The minimum atomic E-state index is -0.246. The minimum Gasteiger partial charge on any atom is -0.310 e. The lowest BCUT2D eigenvalue weighted by molar-refractivity contribution is 0.561. The van der Waals surface area contributed by atoms with Gasteiger partial charge in [-0.1, -0.05) is 27.7 Å². The molecule has 72 valence electrons. The van der Waals surface area contributed by atoms with Gasteiger partial charge in [0.05, 0.1) is 5.69 Å². The number of aromatic nitrogens is 2. The van der Waals surface area contributed by atoms with Crippen molar-refractivity contribution in [3.05, 3.63) is 27.9 Å². The van der Waals surface area contributed by atoms with Crippen LogP contribution < -0.4 is 5.69 Å². The third-order valence-corrected chi connectivity index (χ3v) is 1.95. The summed E-state index contributed by atoms with van der Waals surface area (Å²) in [5, 5.41) is 0. The molecule has 0 radical (unpaired) electrons. The fourth-order valence-corrected chi connectivity index (χ4v) is 1.08. The van der Waals surface area contributed by atoms with Crippen molar-refractivity contribution in [3.63, 3.8) is 0 Å². The predicted octanol–water partition coefficient (Wildman–Crippen LogP) is 1.63. The Kier molecular flexibility index (Phi) is 2.55. The minimum absolute atomic E-state index is 0.0574. The number of rotatable bonds is 1. The number of nitrogens with zero attached hydrogens (tertiary/aromatic N) is 1. The van der Waals surface area contributed by atoms with Crippen LogP contribution in [0, 0.1) is 0 Å². The highest BCUT2D eigenvalue weighted by molar-refractivity contribution is 5.15. The van der Waals surface area contributed by atoms with Crippen molar-refractivity contribution in [1.82, 2.24) is 9.97 Å². The monoisotopic (exact) mass is 180 g/mol. The Morgan fingerprint density at radius 2 is 2.08 bits per heavy atom. The Morgan fingerprint density at radius 1 is 1.46 bits per heavy atom. The van der Waals surface area contributed by atoms with Crippen molar-refractivity contribution in [2.75, 3.05) is 0 Å². The first-order valence-electron chi connectivity index (χ1n) is 4.54. The molecule has 3 nitrogen and oxygen atoms in total. The zero-order chi connectivity index (χ0) is 10.1. The highest BCUT2D eigenvalue weighted by Crippen LogP contribution is 2.18. The van der Waals surface area contributed by atoms with Crippen molar-refractivity contribution in [1.29, 1.82) is 0 Å². The van der Waals surface area contributed by atoms with E-state index in [1.165, 1.54) is 0 Å². The molecule has 1 N–H and O–H groups in total. The topological polar surface area (TPSA) is 45.8 Å². The quantitative estimate of drug-likeness (QED) is 0.714. The molecule has 0 aliphatic rings. The second-order valence-electron chi connectivity index (χ2n) is 4.20. The first-order chi connectivity index (χ1) is 5.93. The molecule has 1 aromatic heterocycles. The maximum Gasteiger partial charge on any atom is 0.345 e. The molecule has 0 bridgehead atoms. The van der Waals surface area contributed by atoms with Crippen LogP contribution in [0.3, 0.4) is 0 Å². The van der Waals surface area contributed by atoms with Crippen LogP contribution in [0.4, 0.5) is 0 Å². The number of aryl methyl sites for hydroxylation is 1. The molecule has 0 aliphatic heterocycles. The average Bonchev–Trinajstić information content (AvgIpc) is 2.01. The molecule has 3 heteroatoms. The van der Waals surface area contributed by atoms with Gasteiger partial charge in [0.15, 0.2) is 0 Å². The summed E-state index contributed by atoms with van der Waals surface area (Å²) in [6, 6.07) is 1.96. The third-order valence-electron chi connectivity index (χ3n) is 1.95. The van der Waals surface area contributed by atoms with Crippen LogP contribution >= 0.6 is 0 Å². The van der Waals surface area contributed by atoms with Crippen LogP contribution in [0.15, 0.2) is 10.9 Å². The van der Waals surface area contributed by atoms with Crippen molar-refractivity contribution < 1.29 is 0 Å². The van der Waals surface area contributed by atoms with Gasteiger partial charge in [-0.3, -0.25) is 0 Å². The molecule has 13 heavy (non-hydrogen) atoms. The standard InChI is InChI=1S/C10H16N2O/c1-5-7-6-8(10(2,3)4)12-9(13)11-7/h6H,5H2,1-4H3,(H,11,12,13). The molecular formula is C10H16N2O. The third kappa shape index (κ3) is 2.41. The maximum absolute atomic E-state index is 11.1. The predicted molar refractivity (Wildman–Crippen MR) is 52.9 cm³/mol. The van der Waals surface area contributed by atoms with Gasteiger partial charge in [-0.2, -0.15) is 4.98 Å². The van der Waals surface area contributed by atoms with Gasteiger partial charge in [0.25, 0.3) is 0 Å². The number of H-pyrrole nitrogens is 1. The SMILES string of the molecule is CCc1cc(C(C)(C)C)nc(=O)[nH]1. The van der Waals surface area contributed by atoms with Crippen molar-refractivity contribution in [2.45, 2.75) is 39.5 Å². The summed E-state index contributed by atoms with van der Waals surface area (Å²) in [5.74, 6) is 0. The molecule has 0 saturated carbocycles. The smallest absolute Gasteiger partial charge is 0.310 e. The summed E-state index contributed by atoms with van der Waals surface area (Å²) in [6.45, 7) is 8.16. The van der Waals surface area contributed by atoms with E-state index in [0.717, 1.165) is 17.8 Å². The summed E-state index contributed by atoms with van der Waals surface area (Å²) < 4.78 is 0. The summed E-state index contributed by atoms with van der Waals surface area (Å²) in [7, 11) is 0. The molecule has 0 unspecified atom stereocenters. The fraction of sp³-hybridized carbons (Fsp3) is 0.600. The van der Waals surface area contributed by atoms with E-state index in [9.17, 15) is 4.79 Å². The van der Waals surface area contributed by atoms with E-state index in [1.54, 1.807) is 0 Å². The van der Waals surface area contributed by atoms with Crippen LogP contribution in [0.2, 0.25) is 0 Å². The second kappa shape index (κ2) is 3.32. The van der Waals surface area contributed by atoms with E-state index in [2.05, 4.69) is 9.97 Å². The van der Waals surface area contributed by atoms with Crippen molar-refractivity contribution >= 4 is 0 Å². The Balaban J connectivity index is 3.24. The lowest BCUT2D eigenvalue weighted by Gasteiger charge is -2.17. The van der Waals surface area contributed by atoms with Gasteiger partial charge in [-0.15, -0.1) is 0 Å². The zero-order valence-corrected chi connectivity index (χ0v) is 8.64. The fourth-order valence-electron chi connectivity index (χ4n) is 1.08. The van der Waals surface area contributed by atoms with Gasteiger partial charge in [-0.25, -0.2) is 4.79 Å². The van der Waals surface area contributed by atoms with Crippen LogP contribution in [0.5, 0.6) is 0 Å².